The third-order valence-corrected chi connectivity index (χ3v) is 8.30. The van der Waals surface area contributed by atoms with Gasteiger partial charge in [-0.2, -0.15) is 0 Å². The smallest absolute Gasteiger partial charge is 0.226 e. The van der Waals surface area contributed by atoms with E-state index < -0.39 is 0 Å². The standard InChI is InChI=1S/C20H24ClNOS/c21-20-10-13-7-14(11-20)9-19(8-13,12-20)18(23)22-16-5-6-24-17-4-2-1-3-15(16)17/h1-4,13-14,16H,5-12H2,(H,22,23)/t13-,14+,16-,19?,20?/m1/s1. The molecule has 1 amide bonds. The first-order valence-corrected chi connectivity index (χ1v) is 10.6. The van der Waals surface area contributed by atoms with Crippen molar-refractivity contribution in [3.05, 3.63) is 29.8 Å². The Bertz CT molecular complexity index is 676. The van der Waals surface area contributed by atoms with Gasteiger partial charge < -0.3 is 5.32 Å². The van der Waals surface area contributed by atoms with Crippen LogP contribution in [0.25, 0.3) is 0 Å². The molecule has 6 rings (SSSR count). The molecule has 0 aromatic heterocycles. The zero-order valence-electron chi connectivity index (χ0n) is 13.9. The van der Waals surface area contributed by atoms with Gasteiger partial charge in [0.1, 0.15) is 0 Å². The van der Waals surface area contributed by atoms with Crippen molar-refractivity contribution in [2.75, 3.05) is 5.75 Å². The summed E-state index contributed by atoms with van der Waals surface area (Å²) in [5, 5.41) is 3.44. The number of alkyl halides is 1. The molecule has 4 heteroatoms. The average molecular weight is 362 g/mol. The number of hydrogen-bond donors (Lipinski definition) is 1. The average Bonchev–Trinajstić information content (AvgIpc) is 2.53. The van der Waals surface area contributed by atoms with Gasteiger partial charge in [0.25, 0.3) is 0 Å². The third kappa shape index (κ3) is 2.42. The lowest BCUT2D eigenvalue weighted by atomic mass is 9.49. The summed E-state index contributed by atoms with van der Waals surface area (Å²) in [7, 11) is 0. The molecule has 4 aliphatic carbocycles. The molecule has 4 fully saturated rings. The number of hydrogen-bond acceptors (Lipinski definition) is 2. The fourth-order valence-corrected chi connectivity index (χ4v) is 8.04. The molecule has 5 aliphatic rings. The Labute approximate surface area is 153 Å². The van der Waals surface area contributed by atoms with Crippen molar-refractivity contribution in [2.45, 2.75) is 60.8 Å². The molecule has 1 heterocycles. The lowest BCUT2D eigenvalue weighted by molar-refractivity contribution is -0.145. The summed E-state index contributed by atoms with van der Waals surface area (Å²) in [4.78, 5) is 14.6. The van der Waals surface area contributed by atoms with Crippen LogP contribution in [0.2, 0.25) is 0 Å². The Morgan fingerprint density at radius 2 is 1.92 bits per heavy atom. The van der Waals surface area contributed by atoms with E-state index in [1.54, 1.807) is 0 Å². The highest BCUT2D eigenvalue weighted by atomic mass is 35.5. The molecule has 128 valence electrons. The second-order valence-corrected chi connectivity index (χ2v) is 10.5. The van der Waals surface area contributed by atoms with Crippen molar-refractivity contribution < 1.29 is 4.79 Å². The Balaban J connectivity index is 1.40. The van der Waals surface area contributed by atoms with Crippen LogP contribution in [0.15, 0.2) is 29.2 Å². The molecule has 5 atom stereocenters. The number of benzene rings is 1. The Hall–Kier alpha value is -0.670. The number of halogens is 1. The molecule has 0 spiro atoms. The Kier molecular flexibility index (Phi) is 3.51. The summed E-state index contributed by atoms with van der Waals surface area (Å²) >= 11 is 8.81. The minimum absolute atomic E-state index is 0.0955. The van der Waals surface area contributed by atoms with Gasteiger partial charge in [0, 0.05) is 15.5 Å². The highest BCUT2D eigenvalue weighted by molar-refractivity contribution is 7.99. The largest absolute Gasteiger partial charge is 0.349 e. The van der Waals surface area contributed by atoms with Crippen molar-refractivity contribution in [2.24, 2.45) is 17.3 Å². The van der Waals surface area contributed by atoms with E-state index >= 15 is 0 Å². The number of carbonyl (C=O) groups excluding carboxylic acids is 1. The second kappa shape index (κ2) is 5.41. The highest BCUT2D eigenvalue weighted by Crippen LogP contribution is 2.64. The van der Waals surface area contributed by atoms with Gasteiger partial charge >= 0.3 is 0 Å². The zero-order chi connectivity index (χ0) is 16.4. The van der Waals surface area contributed by atoms with E-state index in [0.717, 1.165) is 44.3 Å². The molecule has 2 nitrogen and oxygen atoms in total. The van der Waals surface area contributed by atoms with Gasteiger partial charge in [0.05, 0.1) is 11.5 Å². The van der Waals surface area contributed by atoms with Gasteiger partial charge in [-0.1, -0.05) is 18.2 Å². The fraction of sp³-hybridized carbons (Fsp3) is 0.650. The van der Waals surface area contributed by atoms with Crippen LogP contribution in [0.1, 0.15) is 56.6 Å². The van der Waals surface area contributed by atoms with Crippen LogP contribution in [0.5, 0.6) is 0 Å². The number of rotatable bonds is 2. The van der Waals surface area contributed by atoms with Crippen molar-refractivity contribution in [3.63, 3.8) is 0 Å². The van der Waals surface area contributed by atoms with Crippen molar-refractivity contribution in [1.29, 1.82) is 0 Å². The Morgan fingerprint density at radius 1 is 1.17 bits per heavy atom. The van der Waals surface area contributed by atoms with E-state index in [1.165, 1.54) is 16.9 Å². The summed E-state index contributed by atoms with van der Waals surface area (Å²) in [6.07, 6.45) is 7.60. The first-order valence-electron chi connectivity index (χ1n) is 9.27. The molecular formula is C20H24ClNOS. The van der Waals surface area contributed by atoms with Gasteiger partial charge in [0.15, 0.2) is 0 Å². The van der Waals surface area contributed by atoms with E-state index in [-0.39, 0.29) is 22.2 Å². The van der Waals surface area contributed by atoms with Gasteiger partial charge in [-0.3, -0.25) is 4.79 Å². The van der Waals surface area contributed by atoms with E-state index in [0.29, 0.717) is 11.8 Å². The van der Waals surface area contributed by atoms with E-state index in [4.69, 9.17) is 11.6 Å². The molecule has 2 unspecified atom stereocenters. The predicted octanol–water partition coefficient (Wildman–Crippen LogP) is 4.92. The lowest BCUT2D eigenvalue weighted by Gasteiger charge is -2.59. The van der Waals surface area contributed by atoms with Crippen molar-refractivity contribution >= 4 is 29.3 Å². The van der Waals surface area contributed by atoms with Gasteiger partial charge in [-0.05, 0) is 68.4 Å². The molecular weight excluding hydrogens is 338 g/mol. The van der Waals surface area contributed by atoms with Crippen molar-refractivity contribution in [3.8, 4) is 0 Å². The van der Waals surface area contributed by atoms with Crippen LogP contribution in [-0.4, -0.2) is 16.5 Å². The molecule has 1 aliphatic heterocycles. The number of carbonyl (C=O) groups is 1. The van der Waals surface area contributed by atoms with Crippen LogP contribution >= 0.6 is 23.4 Å². The zero-order valence-corrected chi connectivity index (χ0v) is 15.5. The summed E-state index contributed by atoms with van der Waals surface area (Å²) < 4.78 is 0. The fourth-order valence-electron chi connectivity index (χ4n) is 6.22. The lowest BCUT2D eigenvalue weighted by Crippen LogP contribution is -2.58. The van der Waals surface area contributed by atoms with Crippen LogP contribution < -0.4 is 5.32 Å². The van der Waals surface area contributed by atoms with Crippen molar-refractivity contribution in [1.82, 2.24) is 5.32 Å². The van der Waals surface area contributed by atoms with Crippen LogP contribution in [0.4, 0.5) is 0 Å². The van der Waals surface area contributed by atoms with E-state index in [2.05, 4.69) is 29.6 Å². The predicted molar refractivity (Wildman–Crippen MR) is 98.4 cm³/mol. The summed E-state index contributed by atoms with van der Waals surface area (Å²) in [5.41, 5.74) is 1.11. The maximum atomic E-state index is 13.3. The Morgan fingerprint density at radius 3 is 2.67 bits per heavy atom. The maximum absolute atomic E-state index is 13.3. The maximum Gasteiger partial charge on any atom is 0.226 e. The molecule has 1 N–H and O–H groups in total. The first-order chi connectivity index (χ1) is 11.6. The SMILES string of the molecule is O=C(N[C@@H]1CCSc2ccccc21)C12C[C@@H]3C[C@@H](CC(Cl)(C3)C1)C2. The minimum Gasteiger partial charge on any atom is -0.349 e. The van der Waals surface area contributed by atoms with Gasteiger partial charge in [-0.25, -0.2) is 0 Å². The highest BCUT2D eigenvalue weighted by Gasteiger charge is 2.60. The van der Waals surface area contributed by atoms with E-state index in [1.807, 2.05) is 11.8 Å². The molecule has 4 bridgehead atoms. The molecule has 24 heavy (non-hydrogen) atoms. The molecule has 1 aromatic rings. The van der Waals surface area contributed by atoms with Crippen LogP contribution in [-0.2, 0) is 4.79 Å². The third-order valence-electron chi connectivity index (χ3n) is 6.74. The number of nitrogens with one attached hydrogen (secondary N) is 1. The first kappa shape index (κ1) is 15.6. The quantitative estimate of drug-likeness (QED) is 0.757. The van der Waals surface area contributed by atoms with E-state index in [9.17, 15) is 4.79 Å². The summed E-state index contributed by atoms with van der Waals surface area (Å²) in [6.45, 7) is 0. The van der Waals surface area contributed by atoms with Crippen LogP contribution in [0.3, 0.4) is 0 Å². The monoisotopic (exact) mass is 361 g/mol. The molecule has 4 saturated carbocycles. The molecule has 1 aromatic carbocycles. The van der Waals surface area contributed by atoms with Gasteiger partial charge in [0.2, 0.25) is 5.91 Å². The van der Waals surface area contributed by atoms with Crippen LogP contribution in [0, 0.1) is 17.3 Å². The topological polar surface area (TPSA) is 29.1 Å². The summed E-state index contributed by atoms with van der Waals surface area (Å²) in [5.74, 6) is 2.71. The number of amides is 1. The second-order valence-electron chi connectivity index (χ2n) is 8.59. The molecule has 0 radical (unpaired) electrons. The minimum atomic E-state index is -0.189. The number of fused-ring (bicyclic) bond motifs is 1. The molecule has 0 saturated heterocycles. The van der Waals surface area contributed by atoms with Gasteiger partial charge in [-0.15, -0.1) is 23.4 Å². The number of thioether (sulfide) groups is 1. The summed E-state index contributed by atoms with van der Waals surface area (Å²) in [6, 6.07) is 8.70. The normalized spacial score (nSPS) is 42.6.